The van der Waals surface area contributed by atoms with Crippen molar-refractivity contribution in [2.45, 2.75) is 63.2 Å². The summed E-state index contributed by atoms with van der Waals surface area (Å²) in [4.78, 5) is 30.6. The summed E-state index contributed by atoms with van der Waals surface area (Å²) in [7, 11) is -2.22. The summed E-state index contributed by atoms with van der Waals surface area (Å²) >= 11 is 0. The molecular formula is C35H46N4O7S. The second-order valence-electron chi connectivity index (χ2n) is 12.1. The zero-order valence-corrected chi connectivity index (χ0v) is 28.3. The Labute approximate surface area is 277 Å². The van der Waals surface area contributed by atoms with E-state index in [1.165, 1.54) is 18.2 Å². The normalized spacial score (nSPS) is 20.2. The molecule has 0 unspecified atom stereocenters. The van der Waals surface area contributed by atoms with Crippen LogP contribution in [-0.4, -0.2) is 86.9 Å². The summed E-state index contributed by atoms with van der Waals surface area (Å²) in [6, 6.07) is 21.0. The highest BCUT2D eigenvalue weighted by Crippen LogP contribution is 2.29. The van der Waals surface area contributed by atoms with Crippen LogP contribution in [0.2, 0.25) is 0 Å². The Morgan fingerprint density at radius 2 is 1.70 bits per heavy atom. The number of amides is 3. The number of hydrogen-bond donors (Lipinski definition) is 3. The third kappa shape index (κ3) is 9.93. The molecule has 11 nitrogen and oxygen atoms in total. The van der Waals surface area contributed by atoms with Gasteiger partial charge >= 0.3 is 6.03 Å². The number of sulfonamides is 1. The van der Waals surface area contributed by atoms with Gasteiger partial charge in [0, 0.05) is 44.0 Å². The number of aliphatic hydroxyl groups is 1. The number of carbonyl (C=O) groups is 2. The summed E-state index contributed by atoms with van der Waals surface area (Å²) in [5.74, 6) is -0.339. The third-order valence-electron chi connectivity index (χ3n) is 8.18. The Kier molecular flexibility index (Phi) is 12.6. The van der Waals surface area contributed by atoms with Crippen LogP contribution in [0.5, 0.6) is 5.75 Å². The van der Waals surface area contributed by atoms with Gasteiger partial charge in [0.05, 0.1) is 35.3 Å². The fraction of sp³-hybridized carbons (Fsp3) is 0.429. The number of fused-ring (bicyclic) bond motifs is 1. The van der Waals surface area contributed by atoms with Gasteiger partial charge < -0.3 is 29.7 Å². The quantitative estimate of drug-likeness (QED) is 0.291. The van der Waals surface area contributed by atoms with E-state index in [1.54, 1.807) is 54.1 Å². The number of benzene rings is 3. The summed E-state index contributed by atoms with van der Waals surface area (Å²) < 4.78 is 41.4. The third-order valence-corrected chi connectivity index (χ3v) is 9.58. The zero-order valence-electron chi connectivity index (χ0n) is 27.5. The molecule has 3 amide bonds. The summed E-state index contributed by atoms with van der Waals surface area (Å²) in [6.45, 7) is 6.27. The number of hydrogen-bond acceptors (Lipinski definition) is 7. The molecule has 254 valence electrons. The van der Waals surface area contributed by atoms with E-state index in [4.69, 9.17) is 9.47 Å². The topological polar surface area (TPSA) is 138 Å². The van der Waals surface area contributed by atoms with Crippen molar-refractivity contribution < 1.29 is 32.6 Å². The number of ether oxygens (including phenoxy) is 2. The smallest absolute Gasteiger partial charge is 0.321 e. The number of aliphatic hydroxyl groups excluding tert-OH is 1. The molecule has 1 heterocycles. The first-order chi connectivity index (χ1) is 22.5. The Hall–Kier alpha value is -4.13. The van der Waals surface area contributed by atoms with Crippen molar-refractivity contribution in [2.24, 2.45) is 5.92 Å². The van der Waals surface area contributed by atoms with E-state index < -0.39 is 28.1 Å². The van der Waals surface area contributed by atoms with Crippen LogP contribution < -0.4 is 14.8 Å². The van der Waals surface area contributed by atoms with Crippen molar-refractivity contribution >= 4 is 33.3 Å². The molecule has 0 aromatic heterocycles. The molecular weight excluding hydrogens is 620 g/mol. The van der Waals surface area contributed by atoms with Gasteiger partial charge in [-0.25, -0.2) is 13.2 Å². The van der Waals surface area contributed by atoms with Crippen LogP contribution in [0.4, 0.5) is 16.2 Å². The van der Waals surface area contributed by atoms with Crippen molar-refractivity contribution in [1.29, 1.82) is 0 Å². The van der Waals surface area contributed by atoms with E-state index in [0.29, 0.717) is 24.5 Å². The number of anilines is 2. The van der Waals surface area contributed by atoms with Gasteiger partial charge in [-0.3, -0.25) is 9.52 Å². The fourth-order valence-corrected chi connectivity index (χ4v) is 6.43. The molecule has 47 heavy (non-hydrogen) atoms. The molecule has 4 atom stereocenters. The van der Waals surface area contributed by atoms with Gasteiger partial charge in [0.2, 0.25) is 0 Å². The fourth-order valence-electron chi connectivity index (χ4n) is 5.36. The molecule has 0 radical (unpaired) electrons. The molecule has 0 saturated heterocycles. The minimum atomic E-state index is -3.92. The first-order valence-electron chi connectivity index (χ1n) is 16.0. The second-order valence-corrected chi connectivity index (χ2v) is 13.8. The van der Waals surface area contributed by atoms with E-state index in [9.17, 15) is 23.1 Å². The summed E-state index contributed by atoms with van der Waals surface area (Å²) in [6.07, 6.45) is 1.65. The molecule has 0 spiro atoms. The van der Waals surface area contributed by atoms with Gasteiger partial charge in [0.1, 0.15) is 5.75 Å². The lowest BCUT2D eigenvalue weighted by Gasteiger charge is -2.35. The lowest BCUT2D eigenvalue weighted by Crippen LogP contribution is -2.48. The van der Waals surface area contributed by atoms with Gasteiger partial charge in [-0.15, -0.1) is 0 Å². The molecule has 1 aliphatic rings. The Balaban J connectivity index is 1.63. The van der Waals surface area contributed by atoms with Crippen LogP contribution in [0, 0.1) is 5.92 Å². The molecule has 0 bridgehead atoms. The van der Waals surface area contributed by atoms with Crippen molar-refractivity contribution in [3.05, 3.63) is 84.4 Å². The van der Waals surface area contributed by atoms with Crippen LogP contribution in [0.15, 0.2) is 83.8 Å². The highest BCUT2D eigenvalue weighted by Gasteiger charge is 2.31. The largest absolute Gasteiger partial charge is 0.490 e. The van der Waals surface area contributed by atoms with Crippen molar-refractivity contribution in [3.8, 4) is 5.75 Å². The van der Waals surface area contributed by atoms with Crippen molar-refractivity contribution in [2.75, 3.05) is 43.4 Å². The van der Waals surface area contributed by atoms with Crippen LogP contribution >= 0.6 is 0 Å². The molecule has 4 rings (SSSR count). The van der Waals surface area contributed by atoms with E-state index in [-0.39, 0.29) is 53.9 Å². The Morgan fingerprint density at radius 3 is 2.38 bits per heavy atom. The van der Waals surface area contributed by atoms with E-state index in [1.807, 2.05) is 44.2 Å². The number of nitrogens with one attached hydrogen (secondary N) is 2. The molecule has 3 aromatic carbocycles. The monoisotopic (exact) mass is 666 g/mol. The molecule has 0 saturated carbocycles. The average molecular weight is 667 g/mol. The number of carbonyl (C=O) groups excluding carboxylic acids is 2. The number of rotatable bonds is 8. The first-order valence-corrected chi connectivity index (χ1v) is 17.5. The van der Waals surface area contributed by atoms with E-state index in [2.05, 4.69) is 10.0 Å². The van der Waals surface area contributed by atoms with E-state index >= 15 is 0 Å². The Morgan fingerprint density at radius 1 is 1.02 bits per heavy atom. The molecule has 0 fully saturated rings. The SMILES string of the molecule is C[C@H]1CCCCO[C@H](CN(C)C(=O)Nc2ccccc2)[C@@H](C)CN([C@@H](C)CO)C(=O)c2cc(NS(=O)(=O)c3ccccc3)ccc2O1. The maximum atomic E-state index is 14.3. The second kappa shape index (κ2) is 16.6. The highest BCUT2D eigenvalue weighted by atomic mass is 32.2. The first kappa shape index (κ1) is 35.7. The maximum Gasteiger partial charge on any atom is 0.321 e. The minimum Gasteiger partial charge on any atom is -0.490 e. The summed E-state index contributed by atoms with van der Waals surface area (Å²) in [5, 5.41) is 13.1. The number of nitrogens with zero attached hydrogens (tertiary/aromatic N) is 2. The van der Waals surface area contributed by atoms with Gasteiger partial charge in [-0.05, 0) is 75.6 Å². The van der Waals surface area contributed by atoms with Crippen molar-refractivity contribution in [1.82, 2.24) is 9.80 Å². The van der Waals surface area contributed by atoms with Crippen molar-refractivity contribution in [3.63, 3.8) is 0 Å². The van der Waals surface area contributed by atoms with Gasteiger partial charge in [0.15, 0.2) is 0 Å². The highest BCUT2D eigenvalue weighted by molar-refractivity contribution is 7.92. The predicted octanol–water partition coefficient (Wildman–Crippen LogP) is 5.45. The average Bonchev–Trinajstić information content (AvgIpc) is 3.06. The van der Waals surface area contributed by atoms with Gasteiger partial charge in [-0.2, -0.15) is 0 Å². The Bertz CT molecular complexity index is 1570. The lowest BCUT2D eigenvalue weighted by molar-refractivity contribution is -0.0115. The number of likely N-dealkylation sites (N-methyl/N-ethyl adjacent to an activating group) is 1. The van der Waals surface area contributed by atoms with E-state index in [0.717, 1.165) is 12.8 Å². The van der Waals surface area contributed by atoms with Crippen LogP contribution in [0.3, 0.4) is 0 Å². The molecule has 3 aromatic rings. The standard InChI is InChI=1S/C35H46N4O7S/c1-25-22-39(26(2)24-40)34(41)31-21-29(37-47(43,44)30-16-9-6-10-17-30)18-19-32(31)46-27(3)13-11-12-20-45-33(25)23-38(4)35(42)36-28-14-7-5-8-15-28/h5-10,14-19,21,25-27,33,37,40H,11-13,20,22-24H2,1-4H3,(H,36,42)/t25-,26-,27-,33+/m0/s1. The predicted molar refractivity (Wildman–Crippen MR) is 182 cm³/mol. The lowest BCUT2D eigenvalue weighted by atomic mass is 10.0. The maximum absolute atomic E-state index is 14.3. The van der Waals surface area contributed by atoms with Crippen LogP contribution in [-0.2, 0) is 14.8 Å². The number of para-hydroxylation sites is 1. The minimum absolute atomic E-state index is 0.0918. The van der Waals surface area contributed by atoms with Gasteiger partial charge in [0.25, 0.3) is 15.9 Å². The summed E-state index contributed by atoms with van der Waals surface area (Å²) in [5.41, 5.74) is 1.06. The van der Waals surface area contributed by atoms with Crippen LogP contribution in [0.25, 0.3) is 0 Å². The zero-order chi connectivity index (χ0) is 34.0. The molecule has 0 aliphatic carbocycles. The molecule has 12 heteroatoms. The number of urea groups is 1. The molecule has 3 N–H and O–H groups in total. The van der Waals surface area contributed by atoms with Crippen LogP contribution in [0.1, 0.15) is 50.4 Å². The van der Waals surface area contributed by atoms with Gasteiger partial charge in [-0.1, -0.05) is 43.3 Å². The molecule has 1 aliphatic heterocycles.